The number of carboxylic acid groups (broad SMARTS) is 1. The molecule has 0 aromatic carbocycles. The van der Waals surface area contributed by atoms with E-state index in [-0.39, 0.29) is 5.56 Å². The van der Waals surface area contributed by atoms with E-state index in [4.69, 9.17) is 9.52 Å². The Morgan fingerprint density at radius 1 is 1.73 bits per heavy atom. The molecule has 1 aromatic rings. The Labute approximate surface area is 92.0 Å². The summed E-state index contributed by atoms with van der Waals surface area (Å²) < 4.78 is 5.14. The Bertz CT molecular complexity index is 344. The molecule has 0 spiro atoms. The molecule has 1 unspecified atom stereocenters. The van der Waals surface area contributed by atoms with Crippen molar-refractivity contribution in [2.75, 3.05) is 11.5 Å². The van der Waals surface area contributed by atoms with Crippen molar-refractivity contribution in [3.63, 3.8) is 0 Å². The third kappa shape index (κ3) is 2.54. The summed E-state index contributed by atoms with van der Waals surface area (Å²) in [7, 11) is 0. The van der Waals surface area contributed by atoms with Gasteiger partial charge in [-0.3, -0.25) is 0 Å². The fraction of sp³-hybridized carbons (Fsp3) is 0.500. The molecule has 4 nitrogen and oxygen atoms in total. The van der Waals surface area contributed by atoms with Gasteiger partial charge in [0.1, 0.15) is 11.3 Å². The highest BCUT2D eigenvalue weighted by Gasteiger charge is 2.17. The fourth-order valence-electron chi connectivity index (χ4n) is 1.60. The summed E-state index contributed by atoms with van der Waals surface area (Å²) in [5.74, 6) is 1.87. The smallest absolute Gasteiger partial charge is 0.339 e. The standard InChI is InChI=1S/C10H13NO3S/c12-10(13)8-1-3-14-9(8)5-11-7-2-4-15-6-7/h1,3,7,11H,2,4-6H2,(H,12,13). The number of hydrogen-bond acceptors (Lipinski definition) is 4. The maximum Gasteiger partial charge on any atom is 0.339 e. The van der Waals surface area contributed by atoms with E-state index < -0.39 is 5.97 Å². The summed E-state index contributed by atoms with van der Waals surface area (Å²) in [6.07, 6.45) is 2.57. The van der Waals surface area contributed by atoms with E-state index in [1.54, 1.807) is 0 Å². The molecular formula is C10H13NO3S. The minimum atomic E-state index is -0.929. The summed E-state index contributed by atoms with van der Waals surface area (Å²) in [6.45, 7) is 0.500. The molecule has 1 atom stereocenters. The molecule has 2 heterocycles. The SMILES string of the molecule is O=C(O)c1ccoc1CNC1CCSC1. The lowest BCUT2D eigenvalue weighted by Gasteiger charge is -2.09. The van der Waals surface area contributed by atoms with Crippen LogP contribution in [-0.2, 0) is 6.54 Å². The van der Waals surface area contributed by atoms with Crippen LogP contribution in [0.15, 0.2) is 16.7 Å². The molecule has 1 aliphatic heterocycles. The van der Waals surface area contributed by atoms with E-state index in [1.165, 1.54) is 18.1 Å². The predicted molar refractivity (Wildman–Crippen MR) is 58.2 cm³/mol. The number of hydrogen-bond donors (Lipinski definition) is 2. The van der Waals surface area contributed by atoms with Crippen molar-refractivity contribution in [2.45, 2.75) is 19.0 Å². The molecule has 1 aliphatic rings. The van der Waals surface area contributed by atoms with Gasteiger partial charge in [0.2, 0.25) is 0 Å². The maximum atomic E-state index is 10.8. The van der Waals surface area contributed by atoms with Crippen LogP contribution >= 0.6 is 11.8 Å². The lowest BCUT2D eigenvalue weighted by molar-refractivity contribution is 0.0694. The van der Waals surface area contributed by atoms with Crippen molar-refractivity contribution < 1.29 is 14.3 Å². The van der Waals surface area contributed by atoms with Crippen LogP contribution in [0.1, 0.15) is 22.5 Å². The first kappa shape index (κ1) is 10.6. The van der Waals surface area contributed by atoms with Crippen LogP contribution in [0.4, 0.5) is 0 Å². The van der Waals surface area contributed by atoms with Gasteiger partial charge in [-0.15, -0.1) is 0 Å². The number of carboxylic acids is 1. The normalized spacial score (nSPS) is 20.7. The molecular weight excluding hydrogens is 214 g/mol. The average Bonchev–Trinajstić information content (AvgIpc) is 2.86. The second-order valence-electron chi connectivity index (χ2n) is 3.50. The molecule has 1 fully saturated rings. The van der Waals surface area contributed by atoms with Gasteiger partial charge in [-0.2, -0.15) is 11.8 Å². The molecule has 0 amide bonds. The molecule has 15 heavy (non-hydrogen) atoms. The third-order valence-corrected chi connectivity index (χ3v) is 3.62. The van der Waals surface area contributed by atoms with Crippen LogP contribution in [0.3, 0.4) is 0 Å². The predicted octanol–water partition coefficient (Wildman–Crippen LogP) is 1.57. The van der Waals surface area contributed by atoms with Crippen LogP contribution in [0.2, 0.25) is 0 Å². The Morgan fingerprint density at radius 3 is 3.27 bits per heavy atom. The quantitative estimate of drug-likeness (QED) is 0.817. The van der Waals surface area contributed by atoms with Gasteiger partial charge < -0.3 is 14.8 Å². The van der Waals surface area contributed by atoms with Gasteiger partial charge in [-0.05, 0) is 18.2 Å². The number of thioether (sulfide) groups is 1. The van der Waals surface area contributed by atoms with Crippen LogP contribution in [0.25, 0.3) is 0 Å². The van der Waals surface area contributed by atoms with E-state index in [1.807, 2.05) is 11.8 Å². The highest BCUT2D eigenvalue weighted by atomic mass is 32.2. The molecule has 0 saturated carbocycles. The second kappa shape index (κ2) is 4.72. The van der Waals surface area contributed by atoms with Gasteiger partial charge in [-0.25, -0.2) is 4.79 Å². The van der Waals surface area contributed by atoms with E-state index in [0.717, 1.165) is 12.2 Å². The Hall–Kier alpha value is -0.940. The van der Waals surface area contributed by atoms with Crippen molar-refractivity contribution in [3.8, 4) is 0 Å². The van der Waals surface area contributed by atoms with E-state index in [0.29, 0.717) is 18.3 Å². The number of rotatable bonds is 4. The summed E-state index contributed by atoms with van der Waals surface area (Å²) >= 11 is 1.92. The van der Waals surface area contributed by atoms with E-state index in [2.05, 4.69) is 5.32 Å². The lowest BCUT2D eigenvalue weighted by Crippen LogP contribution is -2.28. The van der Waals surface area contributed by atoms with Crippen LogP contribution in [0, 0.1) is 0 Å². The first-order chi connectivity index (χ1) is 7.27. The summed E-state index contributed by atoms with van der Waals surface area (Å²) in [5.41, 5.74) is 0.258. The summed E-state index contributed by atoms with van der Waals surface area (Å²) in [6, 6.07) is 1.98. The molecule has 0 radical (unpaired) electrons. The zero-order valence-electron chi connectivity index (χ0n) is 8.23. The summed E-state index contributed by atoms with van der Waals surface area (Å²) in [4.78, 5) is 10.8. The first-order valence-electron chi connectivity index (χ1n) is 4.88. The van der Waals surface area contributed by atoms with Gasteiger partial charge in [0.25, 0.3) is 0 Å². The minimum absolute atomic E-state index is 0.258. The second-order valence-corrected chi connectivity index (χ2v) is 4.65. The Balaban J connectivity index is 1.92. The van der Waals surface area contributed by atoms with Crippen molar-refractivity contribution in [1.29, 1.82) is 0 Å². The topological polar surface area (TPSA) is 62.5 Å². The maximum absolute atomic E-state index is 10.8. The molecule has 1 aromatic heterocycles. The van der Waals surface area contributed by atoms with Gasteiger partial charge >= 0.3 is 5.97 Å². The van der Waals surface area contributed by atoms with Gasteiger partial charge in [0, 0.05) is 11.8 Å². The fourth-order valence-corrected chi connectivity index (χ4v) is 2.79. The molecule has 82 valence electrons. The van der Waals surface area contributed by atoms with Gasteiger partial charge in [0.05, 0.1) is 12.8 Å². The molecule has 0 aliphatic carbocycles. The first-order valence-corrected chi connectivity index (χ1v) is 6.03. The van der Waals surface area contributed by atoms with Gasteiger partial charge in [0.15, 0.2) is 0 Å². The molecule has 2 N–H and O–H groups in total. The van der Waals surface area contributed by atoms with Crippen molar-refractivity contribution >= 4 is 17.7 Å². The zero-order valence-corrected chi connectivity index (χ0v) is 9.05. The zero-order chi connectivity index (χ0) is 10.7. The monoisotopic (exact) mass is 227 g/mol. The van der Waals surface area contributed by atoms with E-state index >= 15 is 0 Å². The van der Waals surface area contributed by atoms with Gasteiger partial charge in [-0.1, -0.05) is 0 Å². The highest BCUT2D eigenvalue weighted by molar-refractivity contribution is 7.99. The summed E-state index contributed by atoms with van der Waals surface area (Å²) in [5, 5.41) is 12.2. The number of furan rings is 1. The van der Waals surface area contributed by atoms with Crippen molar-refractivity contribution in [2.24, 2.45) is 0 Å². The third-order valence-electron chi connectivity index (χ3n) is 2.46. The number of carbonyl (C=O) groups is 1. The highest BCUT2D eigenvalue weighted by Crippen LogP contribution is 2.18. The lowest BCUT2D eigenvalue weighted by atomic mass is 10.2. The molecule has 2 rings (SSSR count). The molecule has 5 heteroatoms. The Morgan fingerprint density at radius 2 is 2.60 bits per heavy atom. The van der Waals surface area contributed by atoms with Crippen LogP contribution in [-0.4, -0.2) is 28.6 Å². The Kier molecular flexibility index (Phi) is 3.33. The largest absolute Gasteiger partial charge is 0.478 e. The van der Waals surface area contributed by atoms with Crippen LogP contribution in [0.5, 0.6) is 0 Å². The minimum Gasteiger partial charge on any atom is -0.478 e. The van der Waals surface area contributed by atoms with Crippen molar-refractivity contribution in [3.05, 3.63) is 23.7 Å². The molecule has 1 saturated heterocycles. The van der Waals surface area contributed by atoms with E-state index in [9.17, 15) is 4.79 Å². The number of aromatic carboxylic acids is 1. The number of nitrogens with one attached hydrogen (secondary N) is 1. The molecule has 0 bridgehead atoms. The van der Waals surface area contributed by atoms with Crippen molar-refractivity contribution in [1.82, 2.24) is 5.32 Å². The van der Waals surface area contributed by atoms with Crippen LogP contribution < -0.4 is 5.32 Å². The average molecular weight is 227 g/mol.